The zero-order valence-electron chi connectivity index (χ0n) is 11.8. The first-order valence-corrected chi connectivity index (χ1v) is 7.65. The summed E-state index contributed by atoms with van der Waals surface area (Å²) in [7, 11) is 0. The van der Waals surface area contributed by atoms with Gasteiger partial charge in [0.15, 0.2) is 0 Å². The number of nitro groups is 1. The smallest absolute Gasteiger partial charge is 0.270 e. The minimum Gasteiger partial charge on any atom is -0.455 e. The second kappa shape index (κ2) is 6.67. The molecular formula is C15H15BrN2O3. The van der Waals surface area contributed by atoms with Crippen molar-refractivity contribution in [3.05, 3.63) is 57.4 Å². The van der Waals surface area contributed by atoms with E-state index in [-0.39, 0.29) is 5.69 Å². The Morgan fingerprint density at radius 1 is 1.29 bits per heavy atom. The Labute approximate surface area is 131 Å². The molecule has 2 aromatic rings. The van der Waals surface area contributed by atoms with Crippen LogP contribution in [0.25, 0.3) is 0 Å². The minimum atomic E-state index is -0.416. The third-order valence-electron chi connectivity index (χ3n) is 3.03. The number of alkyl halides is 1. The van der Waals surface area contributed by atoms with E-state index in [4.69, 9.17) is 4.74 Å². The lowest BCUT2D eigenvalue weighted by molar-refractivity contribution is -0.384. The molecule has 21 heavy (non-hydrogen) atoms. The van der Waals surface area contributed by atoms with Crippen molar-refractivity contribution in [2.24, 2.45) is 0 Å². The lowest BCUT2D eigenvalue weighted by Gasteiger charge is -2.12. The van der Waals surface area contributed by atoms with Crippen molar-refractivity contribution in [2.45, 2.75) is 25.6 Å². The summed E-state index contributed by atoms with van der Waals surface area (Å²) in [6, 6.07) is 8.33. The lowest BCUT2D eigenvalue weighted by atomic mass is 10.2. The molecule has 0 aliphatic rings. The molecule has 0 N–H and O–H groups in total. The normalized spacial score (nSPS) is 10.4. The monoisotopic (exact) mass is 350 g/mol. The summed E-state index contributed by atoms with van der Waals surface area (Å²) in [6.45, 7) is 3.94. The Kier molecular flexibility index (Phi) is 4.90. The van der Waals surface area contributed by atoms with E-state index in [1.165, 1.54) is 12.1 Å². The molecule has 1 aromatic heterocycles. The number of benzene rings is 1. The predicted octanol–water partition coefficient (Wildman–Crippen LogP) is 4.55. The molecule has 0 amide bonds. The highest BCUT2D eigenvalue weighted by Gasteiger charge is 2.13. The van der Waals surface area contributed by atoms with E-state index in [1.807, 2.05) is 26.0 Å². The summed E-state index contributed by atoms with van der Waals surface area (Å²) < 4.78 is 5.90. The molecule has 0 aliphatic heterocycles. The van der Waals surface area contributed by atoms with Crippen LogP contribution in [0.3, 0.4) is 0 Å². The van der Waals surface area contributed by atoms with E-state index in [1.54, 1.807) is 6.07 Å². The summed E-state index contributed by atoms with van der Waals surface area (Å²) in [6.07, 6.45) is 0.758. The van der Waals surface area contributed by atoms with Gasteiger partial charge in [-0.3, -0.25) is 15.1 Å². The second-order valence-electron chi connectivity index (χ2n) is 4.54. The van der Waals surface area contributed by atoms with Crippen LogP contribution in [0.2, 0.25) is 0 Å². The standard InChI is InChI=1S/C15H15BrN2O3/c1-3-13-15(6-4-10(2)17-13)21-14-7-5-12(18(19)20)8-11(14)9-16/h4-8H,3,9H2,1-2H3. The third kappa shape index (κ3) is 3.58. The van der Waals surface area contributed by atoms with Crippen LogP contribution in [0, 0.1) is 17.0 Å². The molecular weight excluding hydrogens is 336 g/mol. The van der Waals surface area contributed by atoms with Crippen molar-refractivity contribution in [2.75, 3.05) is 0 Å². The van der Waals surface area contributed by atoms with Gasteiger partial charge in [0.05, 0.1) is 10.6 Å². The van der Waals surface area contributed by atoms with Crippen LogP contribution < -0.4 is 4.74 Å². The van der Waals surface area contributed by atoms with Crippen molar-refractivity contribution in [3.8, 4) is 11.5 Å². The quantitative estimate of drug-likeness (QED) is 0.450. The summed E-state index contributed by atoms with van der Waals surface area (Å²) in [4.78, 5) is 14.8. The first-order valence-electron chi connectivity index (χ1n) is 6.52. The van der Waals surface area contributed by atoms with Crippen molar-refractivity contribution in [1.82, 2.24) is 4.98 Å². The number of halogens is 1. The molecule has 0 spiro atoms. The van der Waals surface area contributed by atoms with E-state index in [0.717, 1.165) is 23.4 Å². The molecule has 0 saturated carbocycles. The number of nitro benzene ring substituents is 1. The van der Waals surface area contributed by atoms with Gasteiger partial charge in [-0.05, 0) is 31.5 Å². The van der Waals surface area contributed by atoms with Gasteiger partial charge in [-0.1, -0.05) is 22.9 Å². The number of hydrogen-bond donors (Lipinski definition) is 0. The zero-order valence-corrected chi connectivity index (χ0v) is 13.4. The van der Waals surface area contributed by atoms with Gasteiger partial charge < -0.3 is 4.74 Å². The Bertz CT molecular complexity index is 674. The van der Waals surface area contributed by atoms with Crippen LogP contribution in [-0.2, 0) is 11.8 Å². The van der Waals surface area contributed by atoms with Crippen molar-refractivity contribution in [1.29, 1.82) is 0 Å². The van der Waals surface area contributed by atoms with Crippen LogP contribution in [0.4, 0.5) is 5.69 Å². The molecule has 0 radical (unpaired) electrons. The summed E-state index contributed by atoms with van der Waals surface area (Å²) in [5, 5.41) is 11.3. The van der Waals surface area contributed by atoms with E-state index >= 15 is 0 Å². The third-order valence-corrected chi connectivity index (χ3v) is 3.63. The van der Waals surface area contributed by atoms with Gasteiger partial charge in [-0.15, -0.1) is 0 Å². The molecule has 0 unspecified atom stereocenters. The van der Waals surface area contributed by atoms with Crippen molar-refractivity contribution in [3.63, 3.8) is 0 Å². The molecule has 0 bridgehead atoms. The summed E-state index contributed by atoms with van der Waals surface area (Å²) >= 11 is 3.33. The van der Waals surface area contributed by atoms with Gasteiger partial charge in [0.2, 0.25) is 0 Å². The molecule has 0 fully saturated rings. The highest BCUT2D eigenvalue weighted by molar-refractivity contribution is 9.08. The largest absolute Gasteiger partial charge is 0.455 e. The van der Waals surface area contributed by atoms with Crippen molar-refractivity contribution < 1.29 is 9.66 Å². The molecule has 2 rings (SSSR count). The second-order valence-corrected chi connectivity index (χ2v) is 5.10. The molecule has 6 heteroatoms. The van der Waals surface area contributed by atoms with Gasteiger partial charge >= 0.3 is 0 Å². The number of non-ortho nitro benzene ring substituents is 1. The van der Waals surface area contributed by atoms with E-state index < -0.39 is 4.92 Å². The molecule has 110 valence electrons. The average Bonchev–Trinajstić information content (AvgIpc) is 2.49. The number of pyridine rings is 1. The fourth-order valence-corrected chi connectivity index (χ4v) is 2.38. The Morgan fingerprint density at radius 3 is 2.62 bits per heavy atom. The van der Waals surface area contributed by atoms with Crippen LogP contribution in [-0.4, -0.2) is 9.91 Å². The fourth-order valence-electron chi connectivity index (χ4n) is 1.95. The van der Waals surface area contributed by atoms with Crippen molar-refractivity contribution >= 4 is 21.6 Å². The van der Waals surface area contributed by atoms with Gasteiger partial charge in [0.1, 0.15) is 11.5 Å². The molecule has 0 aliphatic carbocycles. The number of aromatic nitrogens is 1. The highest BCUT2D eigenvalue weighted by atomic mass is 79.9. The molecule has 0 saturated heterocycles. The highest BCUT2D eigenvalue weighted by Crippen LogP contribution is 2.31. The molecule has 1 aromatic carbocycles. The van der Waals surface area contributed by atoms with Crippen LogP contribution in [0.1, 0.15) is 23.9 Å². The Balaban J connectivity index is 2.37. The summed E-state index contributed by atoms with van der Waals surface area (Å²) in [5.74, 6) is 1.27. The first kappa shape index (κ1) is 15.4. The number of nitrogens with zero attached hydrogens (tertiary/aromatic N) is 2. The Hall–Kier alpha value is -1.95. The maximum absolute atomic E-state index is 10.8. The van der Waals surface area contributed by atoms with Gasteiger partial charge in [-0.2, -0.15) is 0 Å². The van der Waals surface area contributed by atoms with E-state index in [2.05, 4.69) is 20.9 Å². The number of ether oxygens (including phenoxy) is 1. The van der Waals surface area contributed by atoms with Gasteiger partial charge in [0.25, 0.3) is 5.69 Å². The SMILES string of the molecule is CCc1nc(C)ccc1Oc1ccc([N+](=O)[O-])cc1CBr. The van der Waals surface area contributed by atoms with Crippen LogP contribution in [0.15, 0.2) is 30.3 Å². The first-order chi connectivity index (χ1) is 10.0. The average molecular weight is 351 g/mol. The predicted molar refractivity (Wildman–Crippen MR) is 84.2 cm³/mol. The maximum Gasteiger partial charge on any atom is 0.270 e. The van der Waals surface area contributed by atoms with Gasteiger partial charge in [-0.25, -0.2) is 0 Å². The zero-order chi connectivity index (χ0) is 15.4. The van der Waals surface area contributed by atoms with E-state index in [0.29, 0.717) is 16.8 Å². The number of hydrogen-bond acceptors (Lipinski definition) is 4. The summed E-state index contributed by atoms with van der Waals surface area (Å²) in [5.41, 5.74) is 2.58. The molecule has 1 heterocycles. The van der Waals surface area contributed by atoms with E-state index in [9.17, 15) is 10.1 Å². The van der Waals surface area contributed by atoms with Crippen LogP contribution in [0.5, 0.6) is 11.5 Å². The minimum absolute atomic E-state index is 0.0505. The topological polar surface area (TPSA) is 65.3 Å². The molecule has 0 atom stereocenters. The molecule has 5 nitrogen and oxygen atoms in total. The van der Waals surface area contributed by atoms with Gasteiger partial charge in [0, 0.05) is 28.7 Å². The fraction of sp³-hybridized carbons (Fsp3) is 0.267. The number of rotatable bonds is 5. The number of aryl methyl sites for hydroxylation is 2. The maximum atomic E-state index is 10.8. The Morgan fingerprint density at radius 2 is 2.00 bits per heavy atom. The lowest BCUT2D eigenvalue weighted by Crippen LogP contribution is -1.98. The van der Waals surface area contributed by atoms with Crippen LogP contribution >= 0.6 is 15.9 Å².